The summed E-state index contributed by atoms with van der Waals surface area (Å²) in [7, 11) is 1.58. The molecule has 0 spiro atoms. The van der Waals surface area contributed by atoms with Crippen LogP contribution in [0.4, 0.5) is 5.69 Å². The molecule has 0 aliphatic heterocycles. The number of nitro groups is 1. The predicted octanol–water partition coefficient (Wildman–Crippen LogP) is 2.39. The fraction of sp³-hybridized carbons (Fsp3) is 0.235. The quantitative estimate of drug-likeness (QED) is 0.569. The summed E-state index contributed by atoms with van der Waals surface area (Å²) in [6.45, 7) is 0.397. The number of rotatable bonds is 8. The molecule has 0 bridgehead atoms. The number of benzene rings is 2. The van der Waals surface area contributed by atoms with Gasteiger partial charge < -0.3 is 15.2 Å². The van der Waals surface area contributed by atoms with Gasteiger partial charge in [0, 0.05) is 18.7 Å². The first kappa shape index (κ1) is 17.4. The average Bonchev–Trinajstić information content (AvgIpc) is 2.59. The second-order valence-electron chi connectivity index (χ2n) is 5.25. The van der Waals surface area contributed by atoms with Gasteiger partial charge in [-0.2, -0.15) is 0 Å². The topological polar surface area (TPSA) is 102 Å². The van der Waals surface area contributed by atoms with Crippen molar-refractivity contribution in [1.29, 1.82) is 0 Å². The summed E-state index contributed by atoms with van der Waals surface area (Å²) in [6.07, 6.45) is 0.240. The molecule has 2 aromatic rings. The van der Waals surface area contributed by atoms with Gasteiger partial charge in [0.2, 0.25) is 0 Å². The zero-order valence-electron chi connectivity index (χ0n) is 13.1. The summed E-state index contributed by atoms with van der Waals surface area (Å²) in [6, 6.07) is 12.4. The fourth-order valence-electron chi connectivity index (χ4n) is 2.22. The summed E-state index contributed by atoms with van der Waals surface area (Å²) in [5.41, 5.74) is 1.64. The van der Waals surface area contributed by atoms with Crippen molar-refractivity contribution in [2.24, 2.45) is 0 Å². The number of hydrogen-bond donors (Lipinski definition) is 2. The van der Waals surface area contributed by atoms with Crippen LogP contribution in [0.15, 0.2) is 48.5 Å². The molecule has 0 fully saturated rings. The maximum absolute atomic E-state index is 11.4. The lowest BCUT2D eigenvalue weighted by atomic mass is 10.1. The van der Waals surface area contributed by atoms with Crippen molar-refractivity contribution < 1.29 is 19.6 Å². The van der Waals surface area contributed by atoms with E-state index in [-0.39, 0.29) is 12.1 Å². The van der Waals surface area contributed by atoms with Gasteiger partial charge in [-0.05, 0) is 29.7 Å². The smallest absolute Gasteiger partial charge is 0.321 e. The maximum Gasteiger partial charge on any atom is 0.321 e. The molecule has 0 heterocycles. The van der Waals surface area contributed by atoms with Crippen molar-refractivity contribution in [3.05, 3.63) is 69.8 Å². The SMILES string of the molecule is COc1ccc(CN[C@@H](Cc2ccc([N+](=O)[O-])cc2)C(=O)O)cc1. The number of carboxylic acid groups (broad SMARTS) is 1. The zero-order valence-corrected chi connectivity index (χ0v) is 13.1. The molecule has 0 radical (unpaired) electrons. The van der Waals surface area contributed by atoms with Gasteiger partial charge >= 0.3 is 5.97 Å². The van der Waals surface area contributed by atoms with E-state index in [4.69, 9.17) is 4.74 Å². The number of carboxylic acids is 1. The molecule has 1 atom stereocenters. The van der Waals surface area contributed by atoms with Crippen LogP contribution in [0.3, 0.4) is 0 Å². The van der Waals surface area contributed by atoms with Crippen LogP contribution >= 0.6 is 0 Å². The first-order valence-electron chi connectivity index (χ1n) is 7.32. The van der Waals surface area contributed by atoms with E-state index in [1.165, 1.54) is 12.1 Å². The van der Waals surface area contributed by atoms with Gasteiger partial charge in [0.25, 0.3) is 5.69 Å². The predicted molar refractivity (Wildman–Crippen MR) is 88.1 cm³/mol. The molecule has 0 amide bonds. The highest BCUT2D eigenvalue weighted by atomic mass is 16.6. The Balaban J connectivity index is 1.98. The van der Waals surface area contributed by atoms with Crippen molar-refractivity contribution >= 4 is 11.7 Å². The molecule has 126 valence electrons. The standard InChI is InChI=1S/C17H18N2O5/c1-24-15-8-4-13(5-9-15)11-18-16(17(20)21)10-12-2-6-14(7-3-12)19(22)23/h2-9,16,18H,10-11H2,1H3,(H,20,21)/t16-/m0/s1. The van der Waals surface area contributed by atoms with Crippen molar-refractivity contribution in [2.45, 2.75) is 19.0 Å². The molecule has 0 aromatic heterocycles. The highest BCUT2D eigenvalue weighted by Gasteiger charge is 2.18. The van der Waals surface area contributed by atoms with Gasteiger partial charge in [-0.1, -0.05) is 24.3 Å². The summed E-state index contributed by atoms with van der Waals surface area (Å²) in [5.74, 6) is -0.235. The molecule has 0 aliphatic rings. The van der Waals surface area contributed by atoms with E-state index in [0.29, 0.717) is 6.54 Å². The Bertz CT molecular complexity index is 698. The molecule has 0 aliphatic carbocycles. The van der Waals surface area contributed by atoms with Crippen molar-refractivity contribution in [3.8, 4) is 5.75 Å². The summed E-state index contributed by atoms with van der Waals surface area (Å²) >= 11 is 0. The Hall–Kier alpha value is -2.93. The van der Waals surface area contributed by atoms with Crippen LogP contribution in [0.1, 0.15) is 11.1 Å². The van der Waals surface area contributed by atoms with E-state index >= 15 is 0 Å². The third-order valence-electron chi connectivity index (χ3n) is 3.60. The number of carbonyl (C=O) groups is 1. The van der Waals surface area contributed by atoms with Crippen LogP contribution in [0.2, 0.25) is 0 Å². The minimum absolute atomic E-state index is 0.0168. The maximum atomic E-state index is 11.4. The first-order chi connectivity index (χ1) is 11.5. The molecule has 0 saturated carbocycles. The van der Waals surface area contributed by atoms with E-state index in [2.05, 4.69) is 5.32 Å². The van der Waals surface area contributed by atoms with E-state index in [1.807, 2.05) is 24.3 Å². The molecule has 24 heavy (non-hydrogen) atoms. The molecule has 7 nitrogen and oxygen atoms in total. The van der Waals surface area contributed by atoms with Gasteiger partial charge in [0.1, 0.15) is 11.8 Å². The van der Waals surface area contributed by atoms with E-state index in [0.717, 1.165) is 16.9 Å². The monoisotopic (exact) mass is 330 g/mol. The highest BCUT2D eigenvalue weighted by molar-refractivity contribution is 5.74. The van der Waals surface area contributed by atoms with Crippen LogP contribution in [-0.4, -0.2) is 29.2 Å². The van der Waals surface area contributed by atoms with Gasteiger partial charge in [0.15, 0.2) is 0 Å². The van der Waals surface area contributed by atoms with Crippen molar-refractivity contribution in [1.82, 2.24) is 5.32 Å². The number of nitro benzene ring substituents is 1. The van der Waals surface area contributed by atoms with Crippen LogP contribution in [0.25, 0.3) is 0 Å². The minimum Gasteiger partial charge on any atom is -0.497 e. The normalized spacial score (nSPS) is 11.7. The molecule has 0 unspecified atom stereocenters. The van der Waals surface area contributed by atoms with Crippen LogP contribution in [0, 0.1) is 10.1 Å². The number of methoxy groups -OCH3 is 1. The first-order valence-corrected chi connectivity index (χ1v) is 7.32. The average molecular weight is 330 g/mol. The number of non-ortho nitro benzene ring substituents is 1. The Morgan fingerprint density at radius 1 is 1.17 bits per heavy atom. The van der Waals surface area contributed by atoms with Gasteiger partial charge in [0.05, 0.1) is 12.0 Å². The second-order valence-corrected chi connectivity index (χ2v) is 5.25. The number of nitrogens with one attached hydrogen (secondary N) is 1. The zero-order chi connectivity index (χ0) is 17.5. The molecule has 2 rings (SSSR count). The number of ether oxygens (including phenoxy) is 1. The van der Waals surface area contributed by atoms with E-state index < -0.39 is 16.9 Å². The Labute approximate surface area is 139 Å². The lowest BCUT2D eigenvalue weighted by Crippen LogP contribution is -2.38. The molecular weight excluding hydrogens is 312 g/mol. The molecule has 2 N–H and O–H groups in total. The van der Waals surface area contributed by atoms with Gasteiger partial charge in [-0.15, -0.1) is 0 Å². The third-order valence-corrected chi connectivity index (χ3v) is 3.60. The molecule has 2 aromatic carbocycles. The number of nitrogens with zero attached hydrogens (tertiary/aromatic N) is 1. The van der Waals surface area contributed by atoms with E-state index in [1.54, 1.807) is 19.2 Å². The Morgan fingerprint density at radius 2 is 1.75 bits per heavy atom. The number of aliphatic carboxylic acids is 1. The second kappa shape index (κ2) is 8.07. The Kier molecular flexibility index (Phi) is 5.86. The van der Waals surface area contributed by atoms with Gasteiger partial charge in [-0.3, -0.25) is 14.9 Å². The summed E-state index contributed by atoms with van der Waals surface area (Å²) < 4.78 is 5.08. The van der Waals surface area contributed by atoms with Crippen LogP contribution in [-0.2, 0) is 17.8 Å². The Morgan fingerprint density at radius 3 is 2.25 bits per heavy atom. The van der Waals surface area contributed by atoms with Gasteiger partial charge in [-0.25, -0.2) is 0 Å². The van der Waals surface area contributed by atoms with Crippen LogP contribution in [0.5, 0.6) is 5.75 Å². The molecular formula is C17H18N2O5. The van der Waals surface area contributed by atoms with Crippen LogP contribution < -0.4 is 10.1 Å². The van der Waals surface area contributed by atoms with E-state index in [9.17, 15) is 20.0 Å². The minimum atomic E-state index is -0.970. The largest absolute Gasteiger partial charge is 0.497 e. The molecule has 0 saturated heterocycles. The van der Waals surface area contributed by atoms with Crippen molar-refractivity contribution in [3.63, 3.8) is 0 Å². The highest BCUT2D eigenvalue weighted by Crippen LogP contribution is 2.14. The summed E-state index contributed by atoms with van der Waals surface area (Å²) in [4.78, 5) is 21.6. The molecule has 7 heteroatoms. The van der Waals surface area contributed by atoms with Crippen molar-refractivity contribution in [2.75, 3.05) is 7.11 Å². The third kappa shape index (κ3) is 4.79. The lowest BCUT2D eigenvalue weighted by molar-refractivity contribution is -0.384. The summed E-state index contributed by atoms with van der Waals surface area (Å²) in [5, 5.41) is 23.0. The fourth-order valence-corrected chi connectivity index (χ4v) is 2.22. The number of hydrogen-bond acceptors (Lipinski definition) is 5. The lowest BCUT2D eigenvalue weighted by Gasteiger charge is -2.15.